The lowest BCUT2D eigenvalue weighted by Crippen LogP contribution is -2.29. The summed E-state index contributed by atoms with van der Waals surface area (Å²) >= 11 is 1.57. The minimum Gasteiger partial charge on any atom is -0.462 e. The Hall–Kier alpha value is -1.21. The average Bonchev–Trinajstić information content (AvgIpc) is 3.06. The lowest BCUT2D eigenvalue weighted by Gasteiger charge is -2.19. The van der Waals surface area contributed by atoms with Gasteiger partial charge in [0.05, 0.1) is 25.2 Å². The predicted octanol–water partition coefficient (Wildman–Crippen LogP) is 1.84. The molecule has 0 saturated carbocycles. The van der Waals surface area contributed by atoms with E-state index in [1.54, 1.807) is 24.7 Å². The molecule has 0 aliphatic heterocycles. The molecule has 0 radical (unpaired) electrons. The van der Waals surface area contributed by atoms with Gasteiger partial charge < -0.3 is 14.3 Å². The summed E-state index contributed by atoms with van der Waals surface area (Å²) in [6, 6.07) is 3.76. The molecule has 0 spiro atoms. The molecule has 2 aromatic heterocycles. The van der Waals surface area contributed by atoms with E-state index in [1.165, 1.54) is 0 Å². The fourth-order valence-corrected chi connectivity index (χ4v) is 2.53. The molecule has 2 aromatic rings. The van der Waals surface area contributed by atoms with E-state index >= 15 is 0 Å². The molecule has 104 valence electrons. The highest BCUT2D eigenvalue weighted by molar-refractivity contribution is 7.13. The summed E-state index contributed by atoms with van der Waals surface area (Å²) in [5.41, 5.74) is 0.987. The van der Waals surface area contributed by atoms with E-state index in [9.17, 15) is 0 Å². The Balaban J connectivity index is 1.97. The van der Waals surface area contributed by atoms with Gasteiger partial charge in [-0.15, -0.1) is 11.3 Å². The molecule has 0 aliphatic rings. The summed E-state index contributed by atoms with van der Waals surface area (Å²) in [7, 11) is 1.68. The highest BCUT2D eigenvalue weighted by Gasteiger charge is 2.10. The third-order valence-corrected chi connectivity index (χ3v) is 3.60. The molecule has 0 unspecified atom stereocenters. The largest absolute Gasteiger partial charge is 0.462 e. The number of furan rings is 1. The van der Waals surface area contributed by atoms with Crippen LogP contribution in [0.1, 0.15) is 5.69 Å². The van der Waals surface area contributed by atoms with Crippen LogP contribution in [0.25, 0.3) is 10.8 Å². The quantitative estimate of drug-likeness (QED) is 0.800. The summed E-state index contributed by atoms with van der Waals surface area (Å²) < 4.78 is 10.4. The zero-order chi connectivity index (χ0) is 13.5. The summed E-state index contributed by atoms with van der Waals surface area (Å²) in [4.78, 5) is 6.66. The van der Waals surface area contributed by atoms with Gasteiger partial charge in [-0.3, -0.25) is 4.90 Å². The first-order chi connectivity index (χ1) is 9.33. The van der Waals surface area contributed by atoms with Gasteiger partial charge in [-0.2, -0.15) is 0 Å². The van der Waals surface area contributed by atoms with Gasteiger partial charge >= 0.3 is 0 Å². The lowest BCUT2D eigenvalue weighted by molar-refractivity contribution is 0.126. The topological polar surface area (TPSA) is 58.7 Å². The van der Waals surface area contributed by atoms with Gasteiger partial charge in [0.15, 0.2) is 10.8 Å². The number of hydrogen-bond acceptors (Lipinski definition) is 6. The summed E-state index contributed by atoms with van der Waals surface area (Å²) in [5.74, 6) is 0.793. The summed E-state index contributed by atoms with van der Waals surface area (Å²) in [5, 5.41) is 12.0. The molecule has 0 aliphatic carbocycles. The highest BCUT2D eigenvalue weighted by atomic mass is 32.1. The number of nitrogens with zero attached hydrogens (tertiary/aromatic N) is 2. The van der Waals surface area contributed by atoms with Crippen molar-refractivity contribution < 1.29 is 14.3 Å². The molecule has 19 heavy (non-hydrogen) atoms. The third kappa shape index (κ3) is 4.14. The maximum atomic E-state index is 9.05. The molecular formula is C13H18N2O3S. The Morgan fingerprint density at radius 2 is 2.37 bits per heavy atom. The van der Waals surface area contributed by atoms with Crippen LogP contribution in [0.3, 0.4) is 0 Å². The summed E-state index contributed by atoms with van der Waals surface area (Å²) in [6.45, 7) is 2.90. The normalized spacial score (nSPS) is 11.3. The Labute approximate surface area is 116 Å². The van der Waals surface area contributed by atoms with Crippen LogP contribution < -0.4 is 0 Å². The number of aliphatic hydroxyl groups excluding tert-OH is 1. The van der Waals surface area contributed by atoms with Crippen molar-refractivity contribution in [2.45, 2.75) is 6.54 Å². The van der Waals surface area contributed by atoms with Crippen LogP contribution in [-0.4, -0.2) is 48.4 Å². The van der Waals surface area contributed by atoms with Crippen LogP contribution in [0.5, 0.6) is 0 Å². The van der Waals surface area contributed by atoms with Gasteiger partial charge in [0.25, 0.3) is 0 Å². The second kappa shape index (κ2) is 7.40. The molecule has 2 rings (SSSR count). The van der Waals surface area contributed by atoms with E-state index in [2.05, 4.69) is 9.88 Å². The molecule has 0 amide bonds. The van der Waals surface area contributed by atoms with Gasteiger partial charge in [0.2, 0.25) is 0 Å². The number of rotatable bonds is 8. The third-order valence-electron chi connectivity index (χ3n) is 2.70. The van der Waals surface area contributed by atoms with E-state index in [-0.39, 0.29) is 6.61 Å². The molecule has 0 saturated heterocycles. The van der Waals surface area contributed by atoms with Crippen LogP contribution >= 0.6 is 11.3 Å². The van der Waals surface area contributed by atoms with Crippen LogP contribution in [0.2, 0.25) is 0 Å². The van der Waals surface area contributed by atoms with Crippen molar-refractivity contribution in [3.8, 4) is 10.8 Å². The molecule has 6 heteroatoms. The molecule has 2 heterocycles. The molecule has 0 atom stereocenters. The van der Waals surface area contributed by atoms with E-state index < -0.39 is 0 Å². The number of methoxy groups -OCH3 is 1. The van der Waals surface area contributed by atoms with E-state index in [4.69, 9.17) is 14.3 Å². The van der Waals surface area contributed by atoms with Crippen molar-refractivity contribution in [3.05, 3.63) is 29.5 Å². The first-order valence-electron chi connectivity index (χ1n) is 6.14. The van der Waals surface area contributed by atoms with Crippen LogP contribution in [0.15, 0.2) is 28.2 Å². The molecule has 0 aromatic carbocycles. The van der Waals surface area contributed by atoms with Crippen LogP contribution in [0.4, 0.5) is 0 Å². The Kier molecular flexibility index (Phi) is 5.53. The minimum atomic E-state index is 0.138. The Bertz CT molecular complexity index is 470. The van der Waals surface area contributed by atoms with Crippen LogP contribution in [-0.2, 0) is 11.3 Å². The minimum absolute atomic E-state index is 0.138. The summed E-state index contributed by atoms with van der Waals surface area (Å²) in [6.07, 6.45) is 1.65. The SMILES string of the molecule is COCCN(CCO)Cc1csc(-c2ccco2)n1. The first-order valence-corrected chi connectivity index (χ1v) is 7.02. The maximum Gasteiger partial charge on any atom is 0.162 e. The first kappa shape index (κ1) is 14.2. The second-order valence-corrected chi connectivity index (χ2v) is 4.97. The molecule has 0 bridgehead atoms. The molecule has 5 nitrogen and oxygen atoms in total. The second-order valence-electron chi connectivity index (χ2n) is 4.11. The highest BCUT2D eigenvalue weighted by Crippen LogP contribution is 2.24. The van der Waals surface area contributed by atoms with Crippen molar-refractivity contribution in [2.75, 3.05) is 33.4 Å². The number of thiazole rings is 1. The van der Waals surface area contributed by atoms with Crippen LogP contribution in [0, 0.1) is 0 Å². The Morgan fingerprint density at radius 3 is 3.05 bits per heavy atom. The fraction of sp³-hybridized carbons (Fsp3) is 0.462. The molecule has 1 N–H and O–H groups in total. The number of hydrogen-bond donors (Lipinski definition) is 1. The smallest absolute Gasteiger partial charge is 0.162 e. The van der Waals surface area contributed by atoms with E-state index in [0.29, 0.717) is 19.7 Å². The van der Waals surface area contributed by atoms with Crippen molar-refractivity contribution in [2.24, 2.45) is 0 Å². The van der Waals surface area contributed by atoms with Crippen molar-refractivity contribution in [3.63, 3.8) is 0 Å². The molecular weight excluding hydrogens is 264 g/mol. The standard InChI is InChI=1S/C13H18N2O3S/c1-17-8-5-15(4-6-16)9-11-10-19-13(14-11)12-3-2-7-18-12/h2-3,7,10,16H,4-6,8-9H2,1H3. The van der Waals surface area contributed by atoms with Crippen molar-refractivity contribution in [1.29, 1.82) is 0 Å². The number of ether oxygens (including phenoxy) is 1. The lowest BCUT2D eigenvalue weighted by atomic mass is 10.4. The number of aliphatic hydroxyl groups is 1. The van der Waals surface area contributed by atoms with E-state index in [0.717, 1.165) is 23.0 Å². The molecule has 0 fully saturated rings. The zero-order valence-corrected chi connectivity index (χ0v) is 11.7. The van der Waals surface area contributed by atoms with Crippen molar-refractivity contribution in [1.82, 2.24) is 9.88 Å². The van der Waals surface area contributed by atoms with Crippen molar-refractivity contribution >= 4 is 11.3 Å². The van der Waals surface area contributed by atoms with Gasteiger partial charge in [0, 0.05) is 32.1 Å². The van der Waals surface area contributed by atoms with Gasteiger partial charge in [-0.05, 0) is 12.1 Å². The monoisotopic (exact) mass is 282 g/mol. The van der Waals surface area contributed by atoms with Gasteiger partial charge in [-0.25, -0.2) is 4.98 Å². The van der Waals surface area contributed by atoms with E-state index in [1.807, 2.05) is 17.5 Å². The van der Waals surface area contributed by atoms with Gasteiger partial charge in [0.1, 0.15) is 0 Å². The number of aromatic nitrogens is 1. The maximum absolute atomic E-state index is 9.05. The fourth-order valence-electron chi connectivity index (χ4n) is 1.75. The van der Waals surface area contributed by atoms with Gasteiger partial charge in [-0.1, -0.05) is 0 Å². The Morgan fingerprint density at radius 1 is 1.47 bits per heavy atom. The zero-order valence-electron chi connectivity index (χ0n) is 10.9. The predicted molar refractivity (Wildman–Crippen MR) is 74.1 cm³/mol. The average molecular weight is 282 g/mol.